The van der Waals surface area contributed by atoms with Gasteiger partial charge >= 0.3 is 9.20 Å². The number of carbonyl (C=O) groups excluding carboxylic acids is 1. The highest BCUT2D eigenvalue weighted by atomic mass is 28.3. The van der Waals surface area contributed by atoms with E-state index in [1.807, 2.05) is 0 Å². The molecule has 3 N–H and O–H groups in total. The third-order valence-corrected chi connectivity index (χ3v) is 3.43. The van der Waals surface area contributed by atoms with Gasteiger partial charge in [-0.1, -0.05) is 0 Å². The Labute approximate surface area is 67.8 Å². The summed E-state index contributed by atoms with van der Waals surface area (Å²) in [6.07, 6.45) is 1.92. The van der Waals surface area contributed by atoms with Gasteiger partial charge in [0.05, 0.1) is 6.04 Å². The summed E-state index contributed by atoms with van der Waals surface area (Å²) in [4.78, 5) is 23.1. The summed E-state index contributed by atoms with van der Waals surface area (Å²) >= 11 is 0. The zero-order chi connectivity index (χ0) is 8.27. The van der Waals surface area contributed by atoms with E-state index >= 15 is 0 Å². The van der Waals surface area contributed by atoms with Crippen molar-refractivity contribution in [1.29, 1.82) is 0 Å². The standard InChI is InChI=1S/C6H14N2O2Si/c1-7-11(10)6(9)5-3-2-4-8-5/h5,7-8,10-11H,2-4H2,1H3/t5-,11?/m1/s1. The lowest BCUT2D eigenvalue weighted by Crippen LogP contribution is -2.48. The first-order valence-corrected chi connectivity index (χ1v) is 5.55. The smallest absolute Gasteiger partial charge is 0.324 e. The summed E-state index contributed by atoms with van der Waals surface area (Å²) in [6, 6.07) is -0.0795. The fourth-order valence-corrected chi connectivity index (χ4v) is 2.21. The van der Waals surface area contributed by atoms with Crippen molar-refractivity contribution in [3.63, 3.8) is 0 Å². The van der Waals surface area contributed by atoms with Gasteiger partial charge in [0.2, 0.25) is 0 Å². The molecule has 1 unspecified atom stereocenters. The van der Waals surface area contributed by atoms with Crippen molar-refractivity contribution in [3.8, 4) is 0 Å². The van der Waals surface area contributed by atoms with E-state index in [1.165, 1.54) is 0 Å². The maximum Gasteiger partial charge on any atom is 0.324 e. The zero-order valence-electron chi connectivity index (χ0n) is 6.63. The molecule has 0 aromatic rings. The molecular weight excluding hydrogens is 160 g/mol. The van der Waals surface area contributed by atoms with Crippen molar-refractivity contribution in [2.24, 2.45) is 0 Å². The van der Waals surface area contributed by atoms with Crippen LogP contribution in [0.1, 0.15) is 12.8 Å². The highest BCUT2D eigenvalue weighted by Crippen LogP contribution is 2.05. The largest absolute Gasteiger partial charge is 0.417 e. The molecular formula is C6H14N2O2Si. The van der Waals surface area contributed by atoms with E-state index in [0.29, 0.717) is 0 Å². The minimum absolute atomic E-state index is 0.00926. The van der Waals surface area contributed by atoms with Gasteiger partial charge in [-0.25, -0.2) is 0 Å². The van der Waals surface area contributed by atoms with Crippen LogP contribution in [0.3, 0.4) is 0 Å². The fourth-order valence-electron chi connectivity index (χ4n) is 1.26. The van der Waals surface area contributed by atoms with Gasteiger partial charge in [-0.3, -0.25) is 4.79 Å². The molecule has 1 heterocycles. The average molecular weight is 174 g/mol. The van der Waals surface area contributed by atoms with Crippen LogP contribution < -0.4 is 10.3 Å². The van der Waals surface area contributed by atoms with Gasteiger partial charge in [-0.15, -0.1) is 0 Å². The summed E-state index contributed by atoms with van der Waals surface area (Å²) < 4.78 is 0. The average Bonchev–Trinajstić information content (AvgIpc) is 2.53. The van der Waals surface area contributed by atoms with Crippen LogP contribution in [0, 0.1) is 0 Å². The molecule has 2 atom stereocenters. The Kier molecular flexibility index (Phi) is 3.19. The lowest BCUT2D eigenvalue weighted by atomic mass is 10.2. The molecule has 1 rings (SSSR count). The number of carbonyl (C=O) groups is 1. The maximum atomic E-state index is 11.3. The predicted molar refractivity (Wildman–Crippen MR) is 44.5 cm³/mol. The molecule has 0 aromatic heterocycles. The van der Waals surface area contributed by atoms with Crippen LogP contribution in [0.2, 0.25) is 0 Å². The second-order valence-corrected chi connectivity index (χ2v) is 4.69. The van der Waals surface area contributed by atoms with Gasteiger partial charge in [0.25, 0.3) is 0 Å². The molecule has 4 nitrogen and oxygen atoms in total. The van der Waals surface area contributed by atoms with Gasteiger partial charge < -0.3 is 15.1 Å². The number of hydrogen-bond donors (Lipinski definition) is 3. The molecule has 1 saturated heterocycles. The molecule has 5 heteroatoms. The molecule has 0 aromatic carbocycles. The highest BCUT2D eigenvalue weighted by molar-refractivity contribution is 6.83. The zero-order valence-corrected chi connectivity index (χ0v) is 7.79. The van der Waals surface area contributed by atoms with Gasteiger partial charge in [-0.05, 0) is 26.4 Å². The number of nitrogens with one attached hydrogen (secondary N) is 2. The minimum atomic E-state index is -2.28. The third kappa shape index (κ3) is 2.10. The van der Waals surface area contributed by atoms with Gasteiger partial charge in [0.15, 0.2) is 5.41 Å². The maximum absolute atomic E-state index is 11.3. The van der Waals surface area contributed by atoms with E-state index in [9.17, 15) is 9.59 Å². The second-order valence-electron chi connectivity index (χ2n) is 2.74. The second kappa shape index (κ2) is 3.96. The quantitative estimate of drug-likeness (QED) is 0.445. The fraction of sp³-hybridized carbons (Fsp3) is 0.833. The van der Waals surface area contributed by atoms with Crippen molar-refractivity contribution < 1.29 is 9.59 Å². The summed E-state index contributed by atoms with van der Waals surface area (Å²) in [5.41, 5.74) is 0. The molecule has 11 heavy (non-hydrogen) atoms. The van der Waals surface area contributed by atoms with Gasteiger partial charge in [0.1, 0.15) is 0 Å². The van der Waals surface area contributed by atoms with Crippen molar-refractivity contribution >= 4 is 14.6 Å². The highest BCUT2D eigenvalue weighted by Gasteiger charge is 2.28. The Morgan fingerprint density at radius 2 is 2.55 bits per heavy atom. The molecule has 0 aliphatic carbocycles. The molecule has 0 amide bonds. The Balaban J connectivity index is 2.39. The first-order chi connectivity index (χ1) is 5.25. The molecule has 1 aliphatic heterocycles. The van der Waals surface area contributed by atoms with E-state index in [1.54, 1.807) is 7.05 Å². The molecule has 0 radical (unpaired) electrons. The van der Waals surface area contributed by atoms with Crippen LogP contribution in [0.25, 0.3) is 0 Å². The SMILES string of the molecule is CN[SiH](O)C(=O)[C@H]1CCCN1. The van der Waals surface area contributed by atoms with E-state index in [2.05, 4.69) is 10.3 Å². The van der Waals surface area contributed by atoms with Crippen molar-refractivity contribution in [1.82, 2.24) is 10.3 Å². The molecule has 0 spiro atoms. The lowest BCUT2D eigenvalue weighted by Gasteiger charge is -2.11. The minimum Gasteiger partial charge on any atom is -0.417 e. The van der Waals surface area contributed by atoms with E-state index in [4.69, 9.17) is 0 Å². The first kappa shape index (κ1) is 8.86. The van der Waals surface area contributed by atoms with Crippen molar-refractivity contribution in [2.75, 3.05) is 13.6 Å². The lowest BCUT2D eigenvalue weighted by molar-refractivity contribution is -0.114. The van der Waals surface area contributed by atoms with E-state index < -0.39 is 9.20 Å². The normalized spacial score (nSPS) is 26.9. The summed E-state index contributed by atoms with van der Waals surface area (Å²) in [5.74, 6) is 0. The van der Waals surface area contributed by atoms with Gasteiger partial charge in [0, 0.05) is 0 Å². The van der Waals surface area contributed by atoms with E-state index in [0.717, 1.165) is 19.4 Å². The Morgan fingerprint density at radius 1 is 1.82 bits per heavy atom. The van der Waals surface area contributed by atoms with Crippen LogP contribution in [-0.2, 0) is 4.79 Å². The number of hydrogen-bond acceptors (Lipinski definition) is 4. The van der Waals surface area contributed by atoms with Crippen LogP contribution in [0.15, 0.2) is 0 Å². The first-order valence-electron chi connectivity index (χ1n) is 3.88. The Morgan fingerprint density at radius 3 is 3.00 bits per heavy atom. The van der Waals surface area contributed by atoms with Crippen LogP contribution >= 0.6 is 0 Å². The summed E-state index contributed by atoms with van der Waals surface area (Å²) in [7, 11) is -0.651. The van der Waals surface area contributed by atoms with Crippen LogP contribution in [-0.4, -0.2) is 39.0 Å². The molecule has 1 fully saturated rings. The molecule has 0 saturated carbocycles. The van der Waals surface area contributed by atoms with E-state index in [-0.39, 0.29) is 11.4 Å². The number of rotatable bonds is 3. The molecule has 0 bridgehead atoms. The van der Waals surface area contributed by atoms with Crippen LogP contribution in [0.4, 0.5) is 0 Å². The third-order valence-electron chi connectivity index (χ3n) is 1.95. The predicted octanol–water partition coefficient (Wildman–Crippen LogP) is -1.72. The molecule has 1 aliphatic rings. The topological polar surface area (TPSA) is 61.4 Å². The van der Waals surface area contributed by atoms with Gasteiger partial charge in [-0.2, -0.15) is 0 Å². The van der Waals surface area contributed by atoms with Crippen molar-refractivity contribution in [2.45, 2.75) is 18.9 Å². The molecule has 64 valence electrons. The van der Waals surface area contributed by atoms with Crippen molar-refractivity contribution in [3.05, 3.63) is 0 Å². The van der Waals surface area contributed by atoms with Crippen LogP contribution in [0.5, 0.6) is 0 Å². The Hall–Kier alpha value is -0.233. The summed E-state index contributed by atoms with van der Waals surface area (Å²) in [5, 5.41) is 3.05. The summed E-state index contributed by atoms with van der Waals surface area (Å²) in [6.45, 7) is 0.904. The Bertz CT molecular complexity index is 148. The monoisotopic (exact) mass is 174 g/mol.